The molecule has 0 unspecified atom stereocenters. The van der Waals surface area contributed by atoms with Crippen LogP contribution in [0, 0.1) is 19.3 Å². The zero-order valence-electron chi connectivity index (χ0n) is 13.3. The van der Waals surface area contributed by atoms with Crippen LogP contribution in [0.5, 0.6) is 0 Å². The number of carbonyl (C=O) groups is 1. The molecule has 1 N–H and O–H groups in total. The molecular formula is C17H17N5OS. The summed E-state index contributed by atoms with van der Waals surface area (Å²) in [6.07, 6.45) is 7.30. The van der Waals surface area contributed by atoms with E-state index in [1.165, 1.54) is 0 Å². The molecule has 1 amide bonds. The van der Waals surface area contributed by atoms with E-state index in [1.807, 2.05) is 31.2 Å². The maximum absolute atomic E-state index is 12.5. The Labute approximate surface area is 144 Å². The molecule has 0 saturated heterocycles. The summed E-state index contributed by atoms with van der Waals surface area (Å²) in [5.74, 6) is 2.42. The van der Waals surface area contributed by atoms with E-state index in [0.717, 1.165) is 29.1 Å². The van der Waals surface area contributed by atoms with Crippen LogP contribution in [0.4, 0.5) is 0 Å². The summed E-state index contributed by atoms with van der Waals surface area (Å²) in [5, 5.41) is 15.2. The fourth-order valence-corrected chi connectivity index (χ4v) is 3.08. The number of benzene rings is 1. The SMILES string of the molecule is C#CCCC1(CCNC(=O)c2snnc2-c2ccccc2C)N=N1. The van der Waals surface area contributed by atoms with E-state index in [4.69, 9.17) is 6.42 Å². The molecule has 0 aliphatic carbocycles. The Morgan fingerprint density at radius 2 is 2.12 bits per heavy atom. The van der Waals surface area contributed by atoms with Gasteiger partial charge in [0.05, 0.1) is 0 Å². The molecular weight excluding hydrogens is 322 g/mol. The number of nitrogens with zero attached hydrogens (tertiary/aromatic N) is 4. The molecule has 3 rings (SSSR count). The number of hydrogen-bond acceptors (Lipinski definition) is 6. The Kier molecular flexibility index (Phi) is 4.67. The number of carbonyl (C=O) groups excluding carboxylic acids is 1. The van der Waals surface area contributed by atoms with E-state index in [0.29, 0.717) is 30.0 Å². The number of amides is 1. The van der Waals surface area contributed by atoms with Crippen LogP contribution >= 0.6 is 11.5 Å². The highest BCUT2D eigenvalue weighted by Gasteiger charge is 2.38. The predicted molar refractivity (Wildman–Crippen MR) is 92.7 cm³/mol. The van der Waals surface area contributed by atoms with Crippen LogP contribution in [-0.2, 0) is 0 Å². The number of nitrogens with one attached hydrogen (secondary N) is 1. The van der Waals surface area contributed by atoms with Crippen molar-refractivity contribution in [2.24, 2.45) is 10.2 Å². The molecule has 1 aliphatic rings. The van der Waals surface area contributed by atoms with Gasteiger partial charge < -0.3 is 5.32 Å². The quantitative estimate of drug-likeness (QED) is 0.787. The fraction of sp³-hybridized carbons (Fsp3) is 0.353. The van der Waals surface area contributed by atoms with E-state index >= 15 is 0 Å². The fourth-order valence-electron chi connectivity index (χ4n) is 2.48. The van der Waals surface area contributed by atoms with Gasteiger partial charge in [0.2, 0.25) is 0 Å². The molecule has 0 saturated carbocycles. The van der Waals surface area contributed by atoms with Gasteiger partial charge in [0.15, 0.2) is 5.66 Å². The third kappa shape index (κ3) is 3.49. The van der Waals surface area contributed by atoms with Gasteiger partial charge >= 0.3 is 0 Å². The summed E-state index contributed by atoms with van der Waals surface area (Å²) in [4.78, 5) is 13.0. The maximum atomic E-state index is 12.5. The second kappa shape index (κ2) is 6.89. The average molecular weight is 339 g/mol. The Hall–Kier alpha value is -2.59. The molecule has 2 aromatic rings. The minimum atomic E-state index is -0.384. The van der Waals surface area contributed by atoms with Crippen molar-refractivity contribution in [3.8, 4) is 23.6 Å². The van der Waals surface area contributed by atoms with Gasteiger partial charge in [0.25, 0.3) is 5.91 Å². The van der Waals surface area contributed by atoms with Crippen molar-refractivity contribution in [1.82, 2.24) is 14.9 Å². The third-order valence-corrected chi connectivity index (χ3v) is 4.68. The van der Waals surface area contributed by atoms with Crippen LogP contribution in [0.3, 0.4) is 0 Å². The molecule has 0 radical (unpaired) electrons. The molecule has 0 spiro atoms. The van der Waals surface area contributed by atoms with Gasteiger partial charge in [0.1, 0.15) is 10.6 Å². The van der Waals surface area contributed by atoms with Gasteiger partial charge in [-0.15, -0.1) is 17.4 Å². The Morgan fingerprint density at radius 3 is 2.83 bits per heavy atom. The van der Waals surface area contributed by atoms with Crippen molar-refractivity contribution < 1.29 is 4.79 Å². The lowest BCUT2D eigenvalue weighted by Crippen LogP contribution is -2.28. The summed E-state index contributed by atoms with van der Waals surface area (Å²) >= 11 is 1.10. The molecule has 24 heavy (non-hydrogen) atoms. The molecule has 2 heterocycles. The molecule has 6 nitrogen and oxygen atoms in total. The first-order valence-electron chi connectivity index (χ1n) is 7.69. The van der Waals surface area contributed by atoms with Crippen LogP contribution in [0.2, 0.25) is 0 Å². The van der Waals surface area contributed by atoms with E-state index in [2.05, 4.69) is 31.1 Å². The van der Waals surface area contributed by atoms with Gasteiger partial charge in [0, 0.05) is 31.4 Å². The highest BCUT2D eigenvalue weighted by Crippen LogP contribution is 2.36. The summed E-state index contributed by atoms with van der Waals surface area (Å²) in [7, 11) is 0. The Balaban J connectivity index is 1.62. The number of hydrogen-bond donors (Lipinski definition) is 1. The Morgan fingerprint density at radius 1 is 1.33 bits per heavy atom. The topological polar surface area (TPSA) is 79.6 Å². The largest absolute Gasteiger partial charge is 0.351 e. The van der Waals surface area contributed by atoms with Crippen molar-refractivity contribution in [2.45, 2.75) is 31.8 Å². The van der Waals surface area contributed by atoms with Gasteiger partial charge in [-0.2, -0.15) is 10.2 Å². The summed E-state index contributed by atoms with van der Waals surface area (Å²) in [6.45, 7) is 2.48. The number of terminal acetylenes is 1. The molecule has 1 aromatic carbocycles. The third-order valence-electron chi connectivity index (χ3n) is 3.96. The van der Waals surface area contributed by atoms with Crippen molar-refractivity contribution >= 4 is 17.4 Å². The minimum absolute atomic E-state index is 0.170. The first-order chi connectivity index (χ1) is 11.7. The first-order valence-corrected chi connectivity index (χ1v) is 8.47. The van der Waals surface area contributed by atoms with Crippen LogP contribution in [0.25, 0.3) is 11.3 Å². The highest BCUT2D eigenvalue weighted by atomic mass is 32.1. The lowest BCUT2D eigenvalue weighted by atomic mass is 10.0. The van der Waals surface area contributed by atoms with Crippen LogP contribution in [0.1, 0.15) is 34.5 Å². The summed E-state index contributed by atoms with van der Waals surface area (Å²) in [5.41, 5.74) is 2.22. The molecule has 0 atom stereocenters. The van der Waals surface area contributed by atoms with Crippen molar-refractivity contribution in [1.29, 1.82) is 0 Å². The monoisotopic (exact) mass is 339 g/mol. The molecule has 122 valence electrons. The smallest absolute Gasteiger partial charge is 0.265 e. The van der Waals surface area contributed by atoms with Crippen LogP contribution in [0.15, 0.2) is 34.5 Å². The van der Waals surface area contributed by atoms with Gasteiger partial charge in [-0.3, -0.25) is 4.79 Å². The van der Waals surface area contributed by atoms with Gasteiger partial charge in [-0.1, -0.05) is 28.8 Å². The van der Waals surface area contributed by atoms with Crippen molar-refractivity contribution in [3.05, 3.63) is 34.7 Å². The highest BCUT2D eigenvalue weighted by molar-refractivity contribution is 7.08. The zero-order chi connectivity index (χ0) is 17.0. The number of aromatic nitrogens is 2. The Bertz CT molecular complexity index is 814. The lowest BCUT2D eigenvalue weighted by Gasteiger charge is -2.10. The minimum Gasteiger partial charge on any atom is -0.351 e. The van der Waals surface area contributed by atoms with Gasteiger partial charge in [-0.05, 0) is 24.0 Å². The number of aryl methyl sites for hydroxylation is 1. The average Bonchev–Trinajstić information content (AvgIpc) is 3.18. The standard InChI is InChI=1S/C17H17N5OS/c1-3-4-9-17(20-21-17)10-11-18-16(23)15-14(19-22-24-15)13-8-6-5-7-12(13)2/h1,5-8H,4,9-11H2,2H3,(H,18,23). The second-order valence-corrected chi connectivity index (χ2v) is 6.41. The van der Waals surface area contributed by atoms with E-state index < -0.39 is 0 Å². The lowest BCUT2D eigenvalue weighted by molar-refractivity contribution is 0.0956. The summed E-state index contributed by atoms with van der Waals surface area (Å²) < 4.78 is 3.94. The zero-order valence-corrected chi connectivity index (χ0v) is 14.1. The molecule has 7 heteroatoms. The molecule has 0 fully saturated rings. The first kappa shape index (κ1) is 16.3. The van der Waals surface area contributed by atoms with Crippen LogP contribution < -0.4 is 5.32 Å². The molecule has 0 bridgehead atoms. The van der Waals surface area contributed by atoms with Crippen LogP contribution in [-0.4, -0.2) is 27.7 Å². The van der Waals surface area contributed by atoms with E-state index in [1.54, 1.807) is 0 Å². The van der Waals surface area contributed by atoms with Crippen molar-refractivity contribution in [3.63, 3.8) is 0 Å². The second-order valence-electron chi connectivity index (χ2n) is 5.66. The summed E-state index contributed by atoms with van der Waals surface area (Å²) in [6, 6.07) is 7.81. The van der Waals surface area contributed by atoms with Crippen molar-refractivity contribution in [2.75, 3.05) is 6.54 Å². The maximum Gasteiger partial charge on any atom is 0.265 e. The predicted octanol–water partition coefficient (Wildman–Crippen LogP) is 3.21. The number of rotatable bonds is 7. The van der Waals surface area contributed by atoms with E-state index in [9.17, 15) is 4.79 Å². The van der Waals surface area contributed by atoms with E-state index in [-0.39, 0.29) is 11.6 Å². The molecule has 1 aromatic heterocycles. The normalized spacial score (nSPS) is 14.2. The molecule has 1 aliphatic heterocycles. The van der Waals surface area contributed by atoms with Gasteiger partial charge in [-0.25, -0.2) is 0 Å².